The van der Waals surface area contributed by atoms with Gasteiger partial charge in [0.1, 0.15) is 0 Å². The van der Waals surface area contributed by atoms with Crippen LogP contribution in [0.4, 0.5) is 5.69 Å². The molecule has 0 aromatic heterocycles. The van der Waals surface area contributed by atoms with Crippen molar-refractivity contribution >= 4 is 53.2 Å². The van der Waals surface area contributed by atoms with Crippen molar-refractivity contribution in [1.82, 2.24) is 4.90 Å². The third-order valence-electron chi connectivity index (χ3n) is 3.06. The molecule has 8 heteroatoms. The predicted molar refractivity (Wildman–Crippen MR) is 92.0 cm³/mol. The van der Waals surface area contributed by atoms with E-state index in [1.54, 1.807) is 18.2 Å². The first kappa shape index (κ1) is 17.9. The maximum absolute atomic E-state index is 5.92. The maximum atomic E-state index is 5.92. The number of halogens is 3. The molecule has 5 nitrogen and oxygen atoms in total. The third kappa shape index (κ3) is 5.26. The Morgan fingerprint density at radius 3 is 2.33 bits per heavy atom. The Morgan fingerprint density at radius 1 is 1.05 bits per heavy atom. The standard InChI is InChI=1S/C13H17Cl2N5.ClH/c14-10-5-4-9(8-11(10)15)18-12(16)19-13(17)20-6-2-1-3-7-20;/h4-5,8H,1-3,6-7H2,(H4,16,17,18,19);1H. The van der Waals surface area contributed by atoms with Crippen molar-refractivity contribution < 1.29 is 0 Å². The SMILES string of the molecule is Cl.NC(=Nc1ccc(Cl)c(Cl)c1)/N=C(/N)N1CCCCC1. The van der Waals surface area contributed by atoms with Crippen LogP contribution in [0, 0.1) is 0 Å². The van der Waals surface area contributed by atoms with Gasteiger partial charge in [-0.1, -0.05) is 23.2 Å². The molecule has 1 fully saturated rings. The highest BCUT2D eigenvalue weighted by molar-refractivity contribution is 6.42. The molecule has 4 N–H and O–H groups in total. The Bertz CT molecular complexity index is 539. The molecule has 116 valence electrons. The number of benzene rings is 1. The molecule has 0 bridgehead atoms. The molecule has 1 aromatic carbocycles. The lowest BCUT2D eigenvalue weighted by Crippen LogP contribution is -2.41. The Kier molecular flexibility index (Phi) is 7.08. The van der Waals surface area contributed by atoms with E-state index in [-0.39, 0.29) is 18.4 Å². The fraction of sp³-hybridized carbons (Fsp3) is 0.385. The normalized spacial score (nSPS) is 16.6. The van der Waals surface area contributed by atoms with Gasteiger partial charge in [0.25, 0.3) is 0 Å². The molecule has 0 unspecified atom stereocenters. The summed E-state index contributed by atoms with van der Waals surface area (Å²) < 4.78 is 0. The largest absolute Gasteiger partial charge is 0.369 e. The summed E-state index contributed by atoms with van der Waals surface area (Å²) in [6.45, 7) is 1.82. The zero-order chi connectivity index (χ0) is 14.5. The van der Waals surface area contributed by atoms with Gasteiger partial charge in [0.05, 0.1) is 15.7 Å². The van der Waals surface area contributed by atoms with E-state index in [2.05, 4.69) is 9.98 Å². The molecule has 1 heterocycles. The van der Waals surface area contributed by atoms with E-state index >= 15 is 0 Å². The number of nitrogens with zero attached hydrogens (tertiary/aromatic N) is 3. The van der Waals surface area contributed by atoms with E-state index in [1.807, 2.05) is 4.90 Å². The average molecular weight is 351 g/mol. The molecule has 0 radical (unpaired) electrons. The second-order valence-corrected chi connectivity index (χ2v) is 5.40. The van der Waals surface area contributed by atoms with Gasteiger partial charge in [0.2, 0.25) is 5.96 Å². The highest BCUT2D eigenvalue weighted by atomic mass is 35.5. The van der Waals surface area contributed by atoms with E-state index in [4.69, 9.17) is 34.7 Å². The van der Waals surface area contributed by atoms with Crippen LogP contribution in [0.3, 0.4) is 0 Å². The quantitative estimate of drug-likeness (QED) is 0.603. The van der Waals surface area contributed by atoms with Crippen LogP contribution in [0.5, 0.6) is 0 Å². The molecule has 1 aliphatic rings. The molecule has 0 atom stereocenters. The molecule has 21 heavy (non-hydrogen) atoms. The summed E-state index contributed by atoms with van der Waals surface area (Å²) in [6.07, 6.45) is 3.48. The Labute approximate surface area is 140 Å². The fourth-order valence-electron chi connectivity index (χ4n) is 2.02. The Hall–Kier alpha value is -1.17. The van der Waals surface area contributed by atoms with Crippen LogP contribution >= 0.6 is 35.6 Å². The number of hydrogen-bond donors (Lipinski definition) is 2. The zero-order valence-corrected chi connectivity index (χ0v) is 13.8. The van der Waals surface area contributed by atoms with E-state index in [0.717, 1.165) is 25.9 Å². The van der Waals surface area contributed by atoms with Gasteiger partial charge in [-0.2, -0.15) is 4.99 Å². The van der Waals surface area contributed by atoms with Gasteiger partial charge in [0.15, 0.2) is 5.96 Å². The zero-order valence-electron chi connectivity index (χ0n) is 11.4. The van der Waals surface area contributed by atoms with E-state index < -0.39 is 0 Å². The summed E-state index contributed by atoms with van der Waals surface area (Å²) in [7, 11) is 0. The second kappa shape index (κ2) is 8.32. The molecule has 0 amide bonds. The summed E-state index contributed by atoms with van der Waals surface area (Å²) in [4.78, 5) is 10.3. The van der Waals surface area contributed by atoms with Crippen molar-refractivity contribution in [3.05, 3.63) is 28.2 Å². The van der Waals surface area contributed by atoms with E-state index in [0.29, 0.717) is 21.7 Å². The van der Waals surface area contributed by atoms with Crippen LogP contribution in [-0.4, -0.2) is 29.9 Å². The van der Waals surface area contributed by atoms with Gasteiger partial charge in [-0.15, -0.1) is 12.4 Å². The molecular weight excluding hydrogens is 333 g/mol. The average Bonchev–Trinajstić information content (AvgIpc) is 2.44. The number of rotatable bonds is 1. The van der Waals surface area contributed by atoms with Crippen molar-refractivity contribution in [2.75, 3.05) is 13.1 Å². The van der Waals surface area contributed by atoms with Gasteiger partial charge < -0.3 is 16.4 Å². The summed E-state index contributed by atoms with van der Waals surface area (Å²) in [6, 6.07) is 5.00. The van der Waals surface area contributed by atoms with Crippen LogP contribution in [0.2, 0.25) is 10.0 Å². The summed E-state index contributed by atoms with van der Waals surface area (Å²) in [5.41, 5.74) is 12.3. The van der Waals surface area contributed by atoms with E-state index in [1.165, 1.54) is 6.42 Å². The van der Waals surface area contributed by atoms with Crippen molar-refractivity contribution in [2.45, 2.75) is 19.3 Å². The minimum Gasteiger partial charge on any atom is -0.369 e. The first-order chi connectivity index (χ1) is 9.56. The number of guanidine groups is 2. The molecular formula is C13H18Cl3N5. The molecule has 1 aliphatic heterocycles. The summed E-state index contributed by atoms with van der Waals surface area (Å²) >= 11 is 11.8. The van der Waals surface area contributed by atoms with Crippen LogP contribution < -0.4 is 11.5 Å². The molecule has 2 rings (SSSR count). The number of piperidine rings is 1. The number of likely N-dealkylation sites (tertiary alicyclic amines) is 1. The van der Waals surface area contributed by atoms with Crippen LogP contribution in [0.1, 0.15) is 19.3 Å². The Morgan fingerprint density at radius 2 is 1.71 bits per heavy atom. The van der Waals surface area contributed by atoms with Gasteiger partial charge in [-0.05, 0) is 37.5 Å². The summed E-state index contributed by atoms with van der Waals surface area (Å²) in [5, 5.41) is 0.897. The predicted octanol–water partition coefficient (Wildman–Crippen LogP) is 3.16. The molecule has 0 aliphatic carbocycles. The smallest absolute Gasteiger partial charge is 0.223 e. The highest BCUT2D eigenvalue weighted by Gasteiger charge is 2.12. The lowest BCUT2D eigenvalue weighted by Gasteiger charge is -2.27. The monoisotopic (exact) mass is 349 g/mol. The Balaban J connectivity index is 0.00000220. The van der Waals surface area contributed by atoms with Gasteiger partial charge in [0, 0.05) is 13.1 Å². The minimum atomic E-state index is 0. The van der Waals surface area contributed by atoms with Gasteiger partial charge >= 0.3 is 0 Å². The number of aliphatic imine (C=N–C) groups is 2. The second-order valence-electron chi connectivity index (χ2n) is 4.59. The van der Waals surface area contributed by atoms with Crippen molar-refractivity contribution in [3.63, 3.8) is 0 Å². The van der Waals surface area contributed by atoms with Crippen molar-refractivity contribution in [2.24, 2.45) is 21.5 Å². The van der Waals surface area contributed by atoms with Crippen LogP contribution in [0.15, 0.2) is 28.2 Å². The van der Waals surface area contributed by atoms with Crippen molar-refractivity contribution in [3.8, 4) is 0 Å². The fourth-order valence-corrected chi connectivity index (χ4v) is 2.32. The third-order valence-corrected chi connectivity index (χ3v) is 3.80. The van der Waals surface area contributed by atoms with E-state index in [9.17, 15) is 0 Å². The number of nitrogens with two attached hydrogens (primary N) is 2. The lowest BCUT2D eigenvalue weighted by atomic mass is 10.1. The van der Waals surface area contributed by atoms with Gasteiger partial charge in [-0.25, -0.2) is 4.99 Å². The minimum absolute atomic E-state index is 0. The summed E-state index contributed by atoms with van der Waals surface area (Å²) in [5.74, 6) is 0.512. The van der Waals surface area contributed by atoms with Crippen LogP contribution in [0.25, 0.3) is 0 Å². The van der Waals surface area contributed by atoms with Gasteiger partial charge in [-0.3, -0.25) is 0 Å². The molecule has 0 saturated carbocycles. The van der Waals surface area contributed by atoms with Crippen LogP contribution in [-0.2, 0) is 0 Å². The first-order valence-electron chi connectivity index (χ1n) is 6.44. The first-order valence-corrected chi connectivity index (χ1v) is 7.20. The topological polar surface area (TPSA) is 80.0 Å². The van der Waals surface area contributed by atoms with Crippen molar-refractivity contribution in [1.29, 1.82) is 0 Å². The lowest BCUT2D eigenvalue weighted by molar-refractivity contribution is 0.339. The number of hydrogen-bond acceptors (Lipinski definition) is 1. The molecule has 0 spiro atoms. The molecule has 1 aromatic rings. The molecule has 1 saturated heterocycles. The highest BCUT2D eigenvalue weighted by Crippen LogP contribution is 2.26. The maximum Gasteiger partial charge on any atom is 0.223 e.